The molecule has 0 unspecified atom stereocenters. The van der Waals surface area contributed by atoms with Gasteiger partial charge in [-0.3, -0.25) is 4.79 Å². The highest BCUT2D eigenvalue weighted by molar-refractivity contribution is 9.10. The van der Waals surface area contributed by atoms with Crippen LogP contribution in [0.1, 0.15) is 36.0 Å². The number of nitrogens with zero attached hydrogens (tertiary/aromatic N) is 2. The molecule has 0 radical (unpaired) electrons. The molecule has 2 heterocycles. The summed E-state index contributed by atoms with van der Waals surface area (Å²) in [5.41, 5.74) is 0.170. The zero-order chi connectivity index (χ0) is 14.8. The van der Waals surface area contributed by atoms with Crippen LogP contribution < -0.4 is 0 Å². The molecular weight excluding hydrogens is 335 g/mol. The van der Waals surface area contributed by atoms with Gasteiger partial charge in [0, 0.05) is 23.6 Å². The lowest BCUT2D eigenvalue weighted by molar-refractivity contribution is 0.0640. The number of rotatable bonds is 2. The molecule has 0 aliphatic carbocycles. The predicted molar refractivity (Wildman–Crippen MR) is 83.8 cm³/mol. The molecule has 0 aromatic heterocycles. The Kier molecular flexibility index (Phi) is 4.60. The van der Waals surface area contributed by atoms with Crippen molar-refractivity contribution in [3.8, 4) is 0 Å². The zero-order valence-electron chi connectivity index (χ0n) is 12.0. The topological polar surface area (TPSA) is 23.6 Å². The van der Waals surface area contributed by atoms with E-state index in [1.165, 1.54) is 32.0 Å². The van der Waals surface area contributed by atoms with E-state index in [2.05, 4.69) is 20.8 Å². The van der Waals surface area contributed by atoms with Crippen molar-refractivity contribution < 1.29 is 9.18 Å². The van der Waals surface area contributed by atoms with E-state index in [9.17, 15) is 9.18 Å². The van der Waals surface area contributed by atoms with Crippen LogP contribution in [0.15, 0.2) is 22.7 Å². The molecule has 2 aliphatic heterocycles. The standard InChI is InChI=1S/C16H20BrFN2O/c17-12-3-4-15(18)14(11-12)16(21)20-9-5-13(6-10-20)19-7-1-2-8-19/h3-4,11,13H,1-2,5-10H2. The van der Waals surface area contributed by atoms with Crippen LogP contribution in [-0.4, -0.2) is 47.9 Å². The third-order valence-corrected chi connectivity index (χ3v) is 5.06. The van der Waals surface area contributed by atoms with Gasteiger partial charge in [-0.1, -0.05) is 15.9 Å². The first kappa shape index (κ1) is 15.0. The third-order valence-electron chi connectivity index (χ3n) is 4.57. The fraction of sp³-hybridized carbons (Fsp3) is 0.562. The summed E-state index contributed by atoms with van der Waals surface area (Å²) in [4.78, 5) is 16.8. The fourth-order valence-corrected chi connectivity index (χ4v) is 3.73. The molecule has 3 nitrogen and oxygen atoms in total. The highest BCUT2D eigenvalue weighted by Crippen LogP contribution is 2.23. The molecule has 3 rings (SSSR count). The zero-order valence-corrected chi connectivity index (χ0v) is 13.6. The van der Waals surface area contributed by atoms with Crippen LogP contribution in [0.2, 0.25) is 0 Å². The molecule has 1 amide bonds. The minimum Gasteiger partial charge on any atom is -0.338 e. The van der Waals surface area contributed by atoms with E-state index in [4.69, 9.17) is 0 Å². The lowest BCUT2D eigenvalue weighted by Gasteiger charge is -2.36. The van der Waals surface area contributed by atoms with Crippen LogP contribution in [0.3, 0.4) is 0 Å². The van der Waals surface area contributed by atoms with Crippen molar-refractivity contribution in [2.45, 2.75) is 31.7 Å². The van der Waals surface area contributed by atoms with Gasteiger partial charge < -0.3 is 9.80 Å². The fourth-order valence-electron chi connectivity index (χ4n) is 3.37. The highest BCUT2D eigenvalue weighted by Gasteiger charge is 2.29. The summed E-state index contributed by atoms with van der Waals surface area (Å²) in [6.45, 7) is 3.84. The SMILES string of the molecule is O=C(c1cc(Br)ccc1F)N1CCC(N2CCCC2)CC1. The molecule has 2 saturated heterocycles. The molecule has 1 aromatic rings. The quantitative estimate of drug-likeness (QED) is 0.813. The van der Waals surface area contributed by atoms with Crippen molar-refractivity contribution in [3.63, 3.8) is 0 Å². The summed E-state index contributed by atoms with van der Waals surface area (Å²) < 4.78 is 14.6. The second kappa shape index (κ2) is 6.44. The van der Waals surface area contributed by atoms with Crippen LogP contribution in [0, 0.1) is 5.82 Å². The number of benzene rings is 1. The molecule has 2 aliphatic rings. The third kappa shape index (κ3) is 3.29. The summed E-state index contributed by atoms with van der Waals surface area (Å²) in [5.74, 6) is -0.626. The van der Waals surface area contributed by atoms with Gasteiger partial charge in [-0.15, -0.1) is 0 Å². The summed E-state index contributed by atoms with van der Waals surface area (Å²) in [6.07, 6.45) is 4.59. The maximum Gasteiger partial charge on any atom is 0.256 e. The van der Waals surface area contributed by atoms with E-state index >= 15 is 0 Å². The number of amides is 1. The summed E-state index contributed by atoms with van der Waals surface area (Å²) in [7, 11) is 0. The molecular formula is C16H20BrFN2O. The first-order valence-electron chi connectivity index (χ1n) is 7.63. The Morgan fingerprint density at radius 3 is 2.48 bits per heavy atom. The second-order valence-corrected chi connectivity index (χ2v) is 6.81. The van der Waals surface area contributed by atoms with Gasteiger partial charge in [-0.05, 0) is 57.0 Å². The smallest absolute Gasteiger partial charge is 0.256 e. The van der Waals surface area contributed by atoms with Gasteiger partial charge in [0.2, 0.25) is 0 Å². The van der Waals surface area contributed by atoms with Crippen molar-refractivity contribution in [2.75, 3.05) is 26.2 Å². The van der Waals surface area contributed by atoms with Crippen molar-refractivity contribution in [1.29, 1.82) is 0 Å². The second-order valence-electron chi connectivity index (χ2n) is 5.89. The van der Waals surface area contributed by atoms with Gasteiger partial charge >= 0.3 is 0 Å². The van der Waals surface area contributed by atoms with Crippen molar-refractivity contribution >= 4 is 21.8 Å². The molecule has 2 fully saturated rings. The Hall–Kier alpha value is -0.940. The maximum absolute atomic E-state index is 13.8. The van der Waals surface area contributed by atoms with Crippen molar-refractivity contribution in [1.82, 2.24) is 9.80 Å². The Morgan fingerprint density at radius 2 is 1.81 bits per heavy atom. The summed E-state index contributed by atoms with van der Waals surface area (Å²) in [5, 5.41) is 0. The van der Waals surface area contributed by atoms with Gasteiger partial charge in [0.15, 0.2) is 0 Å². The first-order valence-corrected chi connectivity index (χ1v) is 8.43. The number of hydrogen-bond acceptors (Lipinski definition) is 2. The number of halogens is 2. The Morgan fingerprint density at radius 1 is 1.14 bits per heavy atom. The number of carbonyl (C=O) groups is 1. The Labute approximate surface area is 133 Å². The van der Waals surface area contributed by atoms with Crippen molar-refractivity contribution in [2.24, 2.45) is 0 Å². The molecule has 114 valence electrons. The summed E-state index contributed by atoms with van der Waals surface area (Å²) in [6, 6.07) is 5.13. The van der Waals surface area contributed by atoms with Gasteiger partial charge in [0.05, 0.1) is 5.56 Å². The van der Waals surface area contributed by atoms with Gasteiger partial charge in [-0.2, -0.15) is 0 Å². The molecule has 0 spiro atoms. The van der Waals surface area contributed by atoms with Crippen LogP contribution in [0.4, 0.5) is 4.39 Å². The molecule has 5 heteroatoms. The molecule has 1 aromatic carbocycles. The molecule has 0 atom stereocenters. The average Bonchev–Trinajstić information content (AvgIpc) is 3.03. The monoisotopic (exact) mass is 354 g/mol. The highest BCUT2D eigenvalue weighted by atomic mass is 79.9. The predicted octanol–water partition coefficient (Wildman–Crippen LogP) is 3.29. The normalized spacial score (nSPS) is 21.0. The van der Waals surface area contributed by atoms with Crippen LogP contribution >= 0.6 is 15.9 Å². The Balaban J connectivity index is 1.63. The van der Waals surface area contributed by atoms with E-state index in [-0.39, 0.29) is 11.5 Å². The molecule has 0 bridgehead atoms. The van der Waals surface area contributed by atoms with Crippen LogP contribution in [0.25, 0.3) is 0 Å². The number of piperidine rings is 1. The molecule has 0 saturated carbocycles. The summed E-state index contributed by atoms with van der Waals surface area (Å²) >= 11 is 3.30. The van der Waals surface area contributed by atoms with Crippen molar-refractivity contribution in [3.05, 3.63) is 34.1 Å². The van der Waals surface area contributed by atoms with E-state index in [0.717, 1.165) is 30.4 Å². The number of likely N-dealkylation sites (tertiary alicyclic amines) is 2. The lowest BCUT2D eigenvalue weighted by atomic mass is 10.0. The maximum atomic E-state index is 13.8. The largest absolute Gasteiger partial charge is 0.338 e. The Bertz CT molecular complexity index is 523. The average molecular weight is 355 g/mol. The van der Waals surface area contributed by atoms with E-state index < -0.39 is 5.82 Å². The minimum atomic E-state index is -0.440. The first-order chi connectivity index (χ1) is 10.1. The van der Waals surface area contributed by atoms with Gasteiger partial charge in [0.25, 0.3) is 5.91 Å². The minimum absolute atomic E-state index is 0.170. The van der Waals surface area contributed by atoms with Gasteiger partial charge in [-0.25, -0.2) is 4.39 Å². The number of hydrogen-bond donors (Lipinski definition) is 0. The molecule has 21 heavy (non-hydrogen) atoms. The van der Waals surface area contributed by atoms with Crippen LogP contribution in [-0.2, 0) is 0 Å². The lowest BCUT2D eigenvalue weighted by Crippen LogP contribution is -2.46. The van der Waals surface area contributed by atoms with Crippen LogP contribution in [0.5, 0.6) is 0 Å². The van der Waals surface area contributed by atoms with E-state index in [1.807, 2.05) is 0 Å². The number of carbonyl (C=O) groups excluding carboxylic acids is 1. The van der Waals surface area contributed by atoms with E-state index in [1.54, 1.807) is 17.0 Å². The molecule has 0 N–H and O–H groups in total. The van der Waals surface area contributed by atoms with E-state index in [0.29, 0.717) is 6.04 Å². The van der Waals surface area contributed by atoms with Gasteiger partial charge in [0.1, 0.15) is 5.82 Å².